The van der Waals surface area contributed by atoms with Gasteiger partial charge in [-0.2, -0.15) is 0 Å². The molecule has 1 heteroatoms. The summed E-state index contributed by atoms with van der Waals surface area (Å²) >= 11 is 0. The molecule has 0 aromatic carbocycles. The van der Waals surface area contributed by atoms with Crippen molar-refractivity contribution in [2.45, 2.75) is 89.5 Å². The van der Waals surface area contributed by atoms with Crippen molar-refractivity contribution in [3.05, 3.63) is 11.6 Å². The highest BCUT2D eigenvalue weighted by Crippen LogP contribution is 2.40. The van der Waals surface area contributed by atoms with Gasteiger partial charge >= 0.3 is 0 Å². The zero-order chi connectivity index (χ0) is 13.6. The second-order valence-electron chi connectivity index (χ2n) is 7.39. The maximum absolute atomic E-state index is 3.75. The van der Waals surface area contributed by atoms with Crippen LogP contribution in [0.15, 0.2) is 11.6 Å². The summed E-state index contributed by atoms with van der Waals surface area (Å²) in [4.78, 5) is 0. The molecule has 1 nitrogen and oxygen atoms in total. The standard InChI is InChI=1S/C19H33N/c1-3-9-16(10-4-1)19(17-11-5-2-6-12-17)15-18-13-7-8-14-20-18/h15-18,20H,1-14H2. The van der Waals surface area contributed by atoms with Crippen molar-refractivity contribution in [3.8, 4) is 0 Å². The van der Waals surface area contributed by atoms with E-state index in [1.54, 1.807) is 0 Å². The largest absolute Gasteiger partial charge is 0.311 e. The molecule has 0 aromatic heterocycles. The van der Waals surface area contributed by atoms with Crippen LogP contribution in [0.5, 0.6) is 0 Å². The molecule has 3 aliphatic rings. The summed E-state index contributed by atoms with van der Waals surface area (Å²) in [6.07, 6.45) is 21.7. The van der Waals surface area contributed by atoms with Gasteiger partial charge in [-0.25, -0.2) is 0 Å². The maximum Gasteiger partial charge on any atom is 0.0252 e. The molecular formula is C19H33N. The summed E-state index contributed by atoms with van der Waals surface area (Å²) in [6.45, 7) is 1.24. The van der Waals surface area contributed by atoms with Gasteiger partial charge in [0.2, 0.25) is 0 Å². The van der Waals surface area contributed by atoms with E-state index in [1.165, 1.54) is 90.0 Å². The van der Waals surface area contributed by atoms with E-state index < -0.39 is 0 Å². The SMILES string of the molecule is C(=C(C1CCCCC1)C1CCCCC1)C1CCCCN1. The van der Waals surface area contributed by atoms with Gasteiger partial charge in [-0.1, -0.05) is 56.6 Å². The second kappa shape index (κ2) is 7.64. The molecule has 1 N–H and O–H groups in total. The van der Waals surface area contributed by atoms with E-state index in [-0.39, 0.29) is 0 Å². The topological polar surface area (TPSA) is 12.0 Å². The summed E-state index contributed by atoms with van der Waals surface area (Å²) in [5.74, 6) is 1.88. The van der Waals surface area contributed by atoms with Crippen LogP contribution >= 0.6 is 0 Å². The molecule has 1 atom stereocenters. The quantitative estimate of drug-likeness (QED) is 0.697. The van der Waals surface area contributed by atoms with Crippen LogP contribution in [0.4, 0.5) is 0 Å². The van der Waals surface area contributed by atoms with Crippen LogP contribution in [0.25, 0.3) is 0 Å². The molecule has 2 aliphatic carbocycles. The fourth-order valence-electron chi connectivity index (χ4n) is 4.73. The van der Waals surface area contributed by atoms with Crippen LogP contribution in [0.1, 0.15) is 83.5 Å². The van der Waals surface area contributed by atoms with Gasteiger partial charge in [-0.05, 0) is 56.9 Å². The molecule has 3 rings (SSSR count). The lowest BCUT2D eigenvalue weighted by Crippen LogP contribution is -2.33. The highest BCUT2D eigenvalue weighted by atomic mass is 14.9. The summed E-state index contributed by atoms with van der Waals surface area (Å²) in [6, 6.07) is 0.697. The van der Waals surface area contributed by atoms with Gasteiger partial charge in [0.15, 0.2) is 0 Å². The Hall–Kier alpha value is -0.300. The first-order chi connectivity index (χ1) is 9.93. The Morgan fingerprint density at radius 2 is 1.20 bits per heavy atom. The Labute approximate surface area is 125 Å². The lowest BCUT2D eigenvalue weighted by molar-refractivity contribution is 0.321. The molecule has 0 aromatic rings. The minimum absolute atomic E-state index is 0.697. The maximum atomic E-state index is 3.75. The average Bonchev–Trinajstić information content (AvgIpc) is 2.55. The van der Waals surface area contributed by atoms with E-state index in [9.17, 15) is 0 Å². The van der Waals surface area contributed by atoms with E-state index in [0.717, 1.165) is 11.8 Å². The monoisotopic (exact) mass is 275 g/mol. The Morgan fingerprint density at radius 3 is 1.70 bits per heavy atom. The van der Waals surface area contributed by atoms with Crippen LogP contribution in [-0.2, 0) is 0 Å². The third-order valence-corrected chi connectivity index (χ3v) is 5.90. The number of rotatable bonds is 3. The van der Waals surface area contributed by atoms with Crippen LogP contribution in [-0.4, -0.2) is 12.6 Å². The van der Waals surface area contributed by atoms with Crippen LogP contribution < -0.4 is 5.32 Å². The number of piperidine rings is 1. The molecule has 0 bridgehead atoms. The van der Waals surface area contributed by atoms with E-state index >= 15 is 0 Å². The lowest BCUT2D eigenvalue weighted by Gasteiger charge is -2.34. The minimum Gasteiger partial charge on any atom is -0.311 e. The Bertz CT molecular complexity index is 282. The van der Waals surface area contributed by atoms with Crippen molar-refractivity contribution in [2.75, 3.05) is 6.54 Å². The zero-order valence-electron chi connectivity index (χ0n) is 13.2. The highest BCUT2D eigenvalue weighted by molar-refractivity contribution is 5.16. The number of allylic oxidation sites excluding steroid dienone is 1. The number of hydrogen-bond donors (Lipinski definition) is 1. The highest BCUT2D eigenvalue weighted by Gasteiger charge is 2.26. The van der Waals surface area contributed by atoms with Crippen LogP contribution in [0.3, 0.4) is 0 Å². The fraction of sp³-hybridized carbons (Fsp3) is 0.895. The van der Waals surface area contributed by atoms with Gasteiger partial charge in [-0.3, -0.25) is 0 Å². The smallest absolute Gasteiger partial charge is 0.0252 e. The van der Waals surface area contributed by atoms with Gasteiger partial charge in [0, 0.05) is 6.04 Å². The van der Waals surface area contributed by atoms with Crippen molar-refractivity contribution < 1.29 is 0 Å². The van der Waals surface area contributed by atoms with E-state index in [0.29, 0.717) is 6.04 Å². The summed E-state index contributed by atoms with van der Waals surface area (Å²) < 4.78 is 0. The Balaban J connectivity index is 1.71. The molecule has 1 saturated heterocycles. The van der Waals surface area contributed by atoms with Crippen molar-refractivity contribution in [1.82, 2.24) is 5.32 Å². The van der Waals surface area contributed by atoms with Crippen molar-refractivity contribution in [1.29, 1.82) is 0 Å². The average molecular weight is 275 g/mol. The fourth-order valence-corrected chi connectivity index (χ4v) is 4.73. The summed E-state index contributed by atoms with van der Waals surface area (Å²) in [7, 11) is 0. The first-order valence-electron chi connectivity index (χ1n) is 9.38. The third kappa shape index (κ3) is 3.87. The molecule has 1 aliphatic heterocycles. The summed E-state index contributed by atoms with van der Waals surface area (Å²) in [5, 5.41) is 3.75. The van der Waals surface area contributed by atoms with E-state index in [4.69, 9.17) is 0 Å². The zero-order valence-corrected chi connectivity index (χ0v) is 13.2. The molecule has 0 radical (unpaired) electrons. The molecule has 2 saturated carbocycles. The molecule has 20 heavy (non-hydrogen) atoms. The molecule has 1 unspecified atom stereocenters. The predicted molar refractivity (Wildman–Crippen MR) is 86.9 cm³/mol. The van der Waals surface area contributed by atoms with E-state index in [1.807, 2.05) is 5.57 Å². The third-order valence-electron chi connectivity index (χ3n) is 5.90. The first-order valence-corrected chi connectivity index (χ1v) is 9.38. The first kappa shape index (κ1) is 14.6. The molecule has 0 spiro atoms. The molecule has 0 amide bonds. The molecule has 114 valence electrons. The Kier molecular flexibility index (Phi) is 5.59. The Morgan fingerprint density at radius 1 is 0.650 bits per heavy atom. The van der Waals surface area contributed by atoms with Crippen molar-refractivity contribution >= 4 is 0 Å². The predicted octanol–water partition coefficient (Wildman–Crippen LogP) is 5.22. The number of nitrogens with one attached hydrogen (secondary N) is 1. The van der Waals surface area contributed by atoms with Crippen molar-refractivity contribution in [3.63, 3.8) is 0 Å². The van der Waals surface area contributed by atoms with Gasteiger partial charge in [0.25, 0.3) is 0 Å². The van der Waals surface area contributed by atoms with Crippen molar-refractivity contribution in [2.24, 2.45) is 11.8 Å². The van der Waals surface area contributed by atoms with E-state index in [2.05, 4.69) is 11.4 Å². The normalized spacial score (nSPS) is 30.1. The van der Waals surface area contributed by atoms with Gasteiger partial charge in [-0.15, -0.1) is 0 Å². The summed E-state index contributed by atoms with van der Waals surface area (Å²) in [5.41, 5.74) is 1.89. The molecule has 3 fully saturated rings. The number of hydrogen-bond acceptors (Lipinski definition) is 1. The van der Waals surface area contributed by atoms with Gasteiger partial charge in [0.05, 0.1) is 0 Å². The van der Waals surface area contributed by atoms with Gasteiger partial charge in [0.1, 0.15) is 0 Å². The minimum atomic E-state index is 0.697. The van der Waals surface area contributed by atoms with Crippen LogP contribution in [0, 0.1) is 11.8 Å². The molecule has 1 heterocycles. The second-order valence-corrected chi connectivity index (χ2v) is 7.39. The molecular weight excluding hydrogens is 242 g/mol. The lowest BCUT2D eigenvalue weighted by atomic mass is 9.73. The van der Waals surface area contributed by atoms with Crippen LogP contribution in [0.2, 0.25) is 0 Å². The van der Waals surface area contributed by atoms with Gasteiger partial charge < -0.3 is 5.32 Å².